The van der Waals surface area contributed by atoms with Crippen molar-refractivity contribution in [3.05, 3.63) is 64.6 Å². The van der Waals surface area contributed by atoms with Crippen molar-refractivity contribution in [2.45, 2.75) is 19.3 Å². The molecule has 2 aliphatic heterocycles. The first-order valence-electron chi connectivity index (χ1n) is 10.9. The summed E-state index contributed by atoms with van der Waals surface area (Å²) < 4.78 is 11.7. The van der Waals surface area contributed by atoms with Gasteiger partial charge in [-0.3, -0.25) is 14.5 Å². The van der Waals surface area contributed by atoms with Crippen molar-refractivity contribution in [1.82, 2.24) is 9.80 Å². The van der Waals surface area contributed by atoms with Gasteiger partial charge in [0, 0.05) is 19.6 Å². The van der Waals surface area contributed by atoms with Crippen molar-refractivity contribution < 1.29 is 19.1 Å². The van der Waals surface area contributed by atoms with E-state index in [1.807, 2.05) is 47.4 Å². The Bertz CT molecular complexity index is 1070. The molecule has 2 aromatic carbocycles. The van der Waals surface area contributed by atoms with Crippen molar-refractivity contribution in [2.75, 3.05) is 33.4 Å². The maximum absolute atomic E-state index is 12.9. The maximum atomic E-state index is 12.9. The molecule has 8 heteroatoms. The summed E-state index contributed by atoms with van der Waals surface area (Å²) in [5.74, 6) is 0.907. The number of benzene rings is 2. The highest BCUT2D eigenvalue weighted by Gasteiger charge is 2.31. The molecule has 0 bridgehead atoms. The first kappa shape index (κ1) is 23.3. The topological polar surface area (TPSA) is 59.1 Å². The summed E-state index contributed by atoms with van der Waals surface area (Å²) in [6, 6.07) is 15.4. The number of hydrogen-bond donors (Lipinski definition) is 0. The normalized spacial score (nSPS) is 17.2. The number of ether oxygens (including phenoxy) is 2. The molecule has 0 aliphatic carbocycles. The molecule has 2 saturated heterocycles. The number of nitrogens with zero attached hydrogens (tertiary/aromatic N) is 2. The Morgan fingerprint density at radius 2 is 1.88 bits per heavy atom. The molecular formula is C25H26N2O4S2. The first-order valence-corrected chi connectivity index (χ1v) is 12.2. The standard InChI is InChI=1S/C25H26N2O4S2/c1-30-21-15-19(9-10-20(21)31-17-23(28)26-12-5-6-13-26)16-22-24(29)27(25(32)33-22)14-11-18-7-3-2-4-8-18/h2-4,7-10,15-16H,5-6,11-14,17H2,1H3/b22-16-. The molecule has 6 nitrogen and oxygen atoms in total. The summed E-state index contributed by atoms with van der Waals surface area (Å²) in [5, 5.41) is 0. The predicted octanol–water partition coefficient (Wildman–Crippen LogP) is 4.14. The van der Waals surface area contributed by atoms with E-state index in [1.165, 1.54) is 17.3 Å². The Morgan fingerprint density at radius 3 is 2.61 bits per heavy atom. The van der Waals surface area contributed by atoms with Crippen LogP contribution in [0.25, 0.3) is 6.08 Å². The van der Waals surface area contributed by atoms with E-state index in [1.54, 1.807) is 24.1 Å². The van der Waals surface area contributed by atoms with Gasteiger partial charge in [-0.2, -0.15) is 0 Å². The fourth-order valence-corrected chi connectivity index (χ4v) is 5.13. The highest BCUT2D eigenvalue weighted by molar-refractivity contribution is 8.26. The summed E-state index contributed by atoms with van der Waals surface area (Å²) in [5.41, 5.74) is 1.97. The highest BCUT2D eigenvalue weighted by Crippen LogP contribution is 2.35. The quantitative estimate of drug-likeness (QED) is 0.416. The van der Waals surface area contributed by atoms with Crippen LogP contribution >= 0.6 is 24.0 Å². The maximum Gasteiger partial charge on any atom is 0.266 e. The van der Waals surface area contributed by atoms with Crippen molar-refractivity contribution in [3.63, 3.8) is 0 Å². The Balaban J connectivity index is 1.40. The molecule has 0 N–H and O–H groups in total. The number of amides is 2. The number of likely N-dealkylation sites (tertiary alicyclic amines) is 1. The van der Waals surface area contributed by atoms with Crippen molar-refractivity contribution in [3.8, 4) is 11.5 Å². The van der Waals surface area contributed by atoms with Crippen LogP contribution in [-0.4, -0.2) is 59.3 Å². The van der Waals surface area contributed by atoms with Crippen LogP contribution in [0.4, 0.5) is 0 Å². The number of carbonyl (C=O) groups excluding carboxylic acids is 2. The van der Waals surface area contributed by atoms with E-state index < -0.39 is 0 Å². The van der Waals surface area contributed by atoms with Gasteiger partial charge in [-0.15, -0.1) is 0 Å². The Morgan fingerprint density at radius 1 is 1.12 bits per heavy atom. The van der Waals surface area contributed by atoms with Gasteiger partial charge in [0.05, 0.1) is 12.0 Å². The molecule has 2 aliphatic rings. The summed E-state index contributed by atoms with van der Waals surface area (Å²) >= 11 is 6.75. The van der Waals surface area contributed by atoms with Crippen molar-refractivity contribution in [1.29, 1.82) is 0 Å². The Labute approximate surface area is 203 Å². The van der Waals surface area contributed by atoms with Crippen LogP contribution in [0, 0.1) is 0 Å². The van der Waals surface area contributed by atoms with Crippen LogP contribution < -0.4 is 9.47 Å². The van der Waals surface area contributed by atoms with Crippen LogP contribution in [-0.2, 0) is 16.0 Å². The molecule has 2 amide bonds. The van der Waals surface area contributed by atoms with Crippen LogP contribution in [0.15, 0.2) is 53.4 Å². The van der Waals surface area contributed by atoms with Gasteiger partial charge in [-0.25, -0.2) is 0 Å². The van der Waals surface area contributed by atoms with Crippen LogP contribution in [0.5, 0.6) is 11.5 Å². The van der Waals surface area contributed by atoms with E-state index >= 15 is 0 Å². The van der Waals surface area contributed by atoms with Gasteiger partial charge in [-0.1, -0.05) is 60.4 Å². The number of thioether (sulfide) groups is 1. The monoisotopic (exact) mass is 482 g/mol. The minimum absolute atomic E-state index is 0.0159. The number of thiocarbonyl (C=S) groups is 1. The average Bonchev–Trinajstić information content (AvgIpc) is 3.46. The molecule has 0 saturated carbocycles. The zero-order valence-corrected chi connectivity index (χ0v) is 20.1. The molecule has 0 unspecified atom stereocenters. The summed E-state index contributed by atoms with van der Waals surface area (Å²) in [6.07, 6.45) is 4.64. The van der Waals surface area contributed by atoms with Gasteiger partial charge in [0.2, 0.25) is 0 Å². The number of carbonyl (C=O) groups is 2. The van der Waals surface area contributed by atoms with Gasteiger partial charge in [0.1, 0.15) is 4.32 Å². The molecular weight excluding hydrogens is 456 g/mol. The zero-order chi connectivity index (χ0) is 23.2. The van der Waals surface area contributed by atoms with Crippen LogP contribution in [0.3, 0.4) is 0 Å². The lowest BCUT2D eigenvalue weighted by atomic mass is 10.1. The third kappa shape index (κ3) is 5.75. The lowest BCUT2D eigenvalue weighted by Gasteiger charge is -2.16. The molecule has 0 atom stereocenters. The average molecular weight is 483 g/mol. The van der Waals surface area contributed by atoms with Gasteiger partial charge >= 0.3 is 0 Å². The van der Waals surface area contributed by atoms with Gasteiger partial charge in [-0.05, 0) is 48.6 Å². The van der Waals surface area contributed by atoms with E-state index in [-0.39, 0.29) is 18.4 Å². The van der Waals surface area contributed by atoms with Crippen molar-refractivity contribution in [2.24, 2.45) is 0 Å². The largest absolute Gasteiger partial charge is 0.493 e. The fourth-order valence-electron chi connectivity index (χ4n) is 3.82. The van der Waals surface area contributed by atoms with E-state index in [4.69, 9.17) is 21.7 Å². The molecule has 2 heterocycles. The molecule has 0 spiro atoms. The summed E-state index contributed by atoms with van der Waals surface area (Å²) in [7, 11) is 1.55. The Hall–Kier alpha value is -2.84. The molecule has 2 fully saturated rings. The predicted molar refractivity (Wildman–Crippen MR) is 134 cm³/mol. The third-order valence-corrected chi connectivity index (χ3v) is 7.01. The molecule has 4 rings (SSSR count). The van der Waals surface area contributed by atoms with E-state index in [0.29, 0.717) is 27.3 Å². The molecule has 0 radical (unpaired) electrons. The second kappa shape index (κ2) is 10.9. The molecule has 33 heavy (non-hydrogen) atoms. The van der Waals surface area contributed by atoms with Gasteiger partial charge in [0.25, 0.3) is 11.8 Å². The zero-order valence-electron chi connectivity index (χ0n) is 18.5. The minimum Gasteiger partial charge on any atom is -0.493 e. The van der Waals surface area contributed by atoms with E-state index in [2.05, 4.69) is 0 Å². The highest BCUT2D eigenvalue weighted by atomic mass is 32.2. The molecule has 172 valence electrons. The number of rotatable bonds is 8. The van der Waals surface area contributed by atoms with Gasteiger partial charge in [0.15, 0.2) is 18.1 Å². The van der Waals surface area contributed by atoms with Gasteiger partial charge < -0.3 is 14.4 Å². The lowest BCUT2D eigenvalue weighted by molar-refractivity contribution is -0.132. The van der Waals surface area contributed by atoms with Crippen LogP contribution in [0.1, 0.15) is 24.0 Å². The summed E-state index contributed by atoms with van der Waals surface area (Å²) in [4.78, 5) is 29.2. The van der Waals surface area contributed by atoms with E-state index in [0.717, 1.165) is 37.9 Å². The number of hydrogen-bond acceptors (Lipinski definition) is 6. The summed E-state index contributed by atoms with van der Waals surface area (Å²) in [6.45, 7) is 2.12. The first-order chi connectivity index (χ1) is 16.0. The fraction of sp³-hybridized carbons (Fsp3) is 0.320. The lowest BCUT2D eigenvalue weighted by Crippen LogP contribution is -2.32. The van der Waals surface area contributed by atoms with Crippen molar-refractivity contribution >= 4 is 46.2 Å². The van der Waals surface area contributed by atoms with E-state index in [9.17, 15) is 9.59 Å². The van der Waals surface area contributed by atoms with Crippen LogP contribution in [0.2, 0.25) is 0 Å². The molecule has 0 aromatic heterocycles. The second-order valence-electron chi connectivity index (χ2n) is 7.86. The second-order valence-corrected chi connectivity index (χ2v) is 9.53. The minimum atomic E-state index is -0.0866. The Kier molecular flexibility index (Phi) is 7.67. The number of methoxy groups -OCH3 is 1. The molecule has 2 aromatic rings. The smallest absolute Gasteiger partial charge is 0.266 e. The third-order valence-electron chi connectivity index (χ3n) is 5.64. The SMILES string of the molecule is COc1cc(/C=C2\SC(=S)N(CCc3ccccc3)C2=O)ccc1OCC(=O)N1CCCC1.